The summed E-state index contributed by atoms with van der Waals surface area (Å²) in [7, 11) is -2.34. The van der Waals surface area contributed by atoms with Crippen LogP contribution in [0, 0.1) is 0 Å². The number of benzene rings is 2. The third kappa shape index (κ3) is 5.13. The molecule has 0 bridgehead atoms. The number of carbonyl (C=O) groups excluding carboxylic acids is 1. The maximum Gasteiger partial charge on any atom is 0.246 e. The summed E-state index contributed by atoms with van der Waals surface area (Å²) < 4.78 is 49.9. The number of nitrogens with zero attached hydrogens (tertiary/aromatic N) is 2. The molecule has 2 aliphatic heterocycles. The quantitative estimate of drug-likeness (QED) is 0.559. The predicted octanol–water partition coefficient (Wildman–Crippen LogP) is 2.08. The Morgan fingerprint density at radius 1 is 1.09 bits per heavy atom. The van der Waals surface area contributed by atoms with Crippen LogP contribution >= 0.6 is 0 Å². The molecule has 0 saturated carbocycles. The zero-order chi connectivity index (χ0) is 24.1. The highest BCUT2D eigenvalue weighted by molar-refractivity contribution is 7.89. The van der Waals surface area contributed by atoms with E-state index in [9.17, 15) is 13.2 Å². The maximum atomic E-state index is 13.2. The van der Waals surface area contributed by atoms with E-state index in [0.29, 0.717) is 56.6 Å². The Kier molecular flexibility index (Phi) is 7.60. The molecule has 0 radical (unpaired) electrons. The number of likely N-dealkylation sites (N-methyl/N-ethyl adjacent to an activating group) is 1. The van der Waals surface area contributed by atoms with Gasteiger partial charge in [-0.1, -0.05) is 18.2 Å². The minimum Gasteiger partial charge on any atom is -0.495 e. The van der Waals surface area contributed by atoms with Crippen molar-refractivity contribution < 1.29 is 32.2 Å². The second-order valence-electron chi connectivity index (χ2n) is 8.03. The molecule has 10 heteroatoms. The minimum absolute atomic E-state index is 0.0629. The van der Waals surface area contributed by atoms with Crippen LogP contribution in [0.5, 0.6) is 17.2 Å². The Labute approximate surface area is 200 Å². The summed E-state index contributed by atoms with van der Waals surface area (Å²) >= 11 is 0. The van der Waals surface area contributed by atoms with Gasteiger partial charge in [-0.3, -0.25) is 4.79 Å². The molecule has 4 rings (SSSR count). The monoisotopic (exact) mass is 490 g/mol. The Morgan fingerprint density at radius 2 is 1.85 bits per heavy atom. The Balaban J connectivity index is 1.54. The lowest BCUT2D eigenvalue weighted by Crippen LogP contribution is -2.40. The summed E-state index contributed by atoms with van der Waals surface area (Å²) in [5.74, 6) is 1.49. The van der Waals surface area contributed by atoms with Crippen LogP contribution in [0.25, 0.3) is 0 Å². The van der Waals surface area contributed by atoms with Gasteiger partial charge in [0.15, 0.2) is 11.5 Å². The minimum atomic E-state index is -3.77. The average molecular weight is 491 g/mol. The van der Waals surface area contributed by atoms with Crippen molar-refractivity contribution in [2.75, 3.05) is 53.2 Å². The van der Waals surface area contributed by atoms with E-state index in [1.54, 1.807) is 17.0 Å². The first kappa shape index (κ1) is 24.3. The molecular weight excluding hydrogens is 460 g/mol. The average Bonchev–Trinajstić information content (AvgIpc) is 2.87. The predicted molar refractivity (Wildman–Crippen MR) is 125 cm³/mol. The van der Waals surface area contributed by atoms with Crippen molar-refractivity contribution >= 4 is 15.9 Å². The summed E-state index contributed by atoms with van der Waals surface area (Å²) in [6.45, 7) is 5.02. The fourth-order valence-electron chi connectivity index (χ4n) is 4.09. The molecule has 0 unspecified atom stereocenters. The second-order valence-corrected chi connectivity index (χ2v) is 9.93. The molecule has 184 valence electrons. The molecule has 1 saturated heterocycles. The molecule has 2 heterocycles. The fourth-order valence-corrected chi connectivity index (χ4v) is 5.70. The van der Waals surface area contributed by atoms with Crippen LogP contribution in [-0.4, -0.2) is 76.7 Å². The first-order valence-electron chi connectivity index (χ1n) is 11.3. The molecule has 1 amide bonds. The molecule has 2 aromatic rings. The van der Waals surface area contributed by atoms with Crippen LogP contribution in [0.2, 0.25) is 0 Å². The highest BCUT2D eigenvalue weighted by Gasteiger charge is 2.30. The van der Waals surface area contributed by atoms with Gasteiger partial charge in [-0.05, 0) is 30.7 Å². The Bertz CT molecular complexity index is 1130. The van der Waals surface area contributed by atoms with Gasteiger partial charge in [0.1, 0.15) is 23.9 Å². The lowest BCUT2D eigenvalue weighted by molar-refractivity contribution is -0.130. The second kappa shape index (κ2) is 10.6. The maximum absolute atomic E-state index is 13.2. The van der Waals surface area contributed by atoms with Crippen LogP contribution < -0.4 is 14.2 Å². The summed E-state index contributed by atoms with van der Waals surface area (Å²) in [4.78, 5) is 15.0. The van der Waals surface area contributed by atoms with E-state index in [4.69, 9.17) is 18.9 Å². The number of sulfonamides is 1. The van der Waals surface area contributed by atoms with Crippen LogP contribution in [0.4, 0.5) is 0 Å². The molecule has 2 aliphatic rings. The van der Waals surface area contributed by atoms with Crippen molar-refractivity contribution in [1.82, 2.24) is 9.21 Å². The van der Waals surface area contributed by atoms with Gasteiger partial charge < -0.3 is 23.8 Å². The molecule has 1 fully saturated rings. The lowest BCUT2D eigenvalue weighted by Gasteiger charge is -2.27. The summed E-state index contributed by atoms with van der Waals surface area (Å²) in [6, 6.07) is 10.5. The number of morpholine rings is 1. The molecule has 0 aromatic heterocycles. The van der Waals surface area contributed by atoms with Gasteiger partial charge in [0.2, 0.25) is 15.9 Å². The summed E-state index contributed by atoms with van der Waals surface area (Å²) in [6.07, 6.45) is 0.0653. The van der Waals surface area contributed by atoms with E-state index < -0.39 is 10.0 Å². The number of hydrogen-bond donors (Lipinski definition) is 0. The van der Waals surface area contributed by atoms with Crippen LogP contribution in [0.1, 0.15) is 18.1 Å². The van der Waals surface area contributed by atoms with E-state index in [1.807, 2.05) is 25.1 Å². The Morgan fingerprint density at radius 3 is 2.59 bits per heavy atom. The van der Waals surface area contributed by atoms with Crippen molar-refractivity contribution in [2.45, 2.75) is 24.8 Å². The van der Waals surface area contributed by atoms with Crippen molar-refractivity contribution in [2.24, 2.45) is 0 Å². The number of amides is 1. The molecule has 0 aliphatic carbocycles. The van der Waals surface area contributed by atoms with Gasteiger partial charge >= 0.3 is 0 Å². The highest BCUT2D eigenvalue weighted by Crippen LogP contribution is 2.34. The third-order valence-corrected chi connectivity index (χ3v) is 7.83. The topological polar surface area (TPSA) is 94.6 Å². The lowest BCUT2D eigenvalue weighted by atomic mass is 10.1. The van der Waals surface area contributed by atoms with Crippen molar-refractivity contribution in [1.29, 1.82) is 0 Å². The van der Waals surface area contributed by atoms with E-state index in [-0.39, 0.29) is 36.1 Å². The van der Waals surface area contributed by atoms with Crippen molar-refractivity contribution in [3.05, 3.63) is 47.5 Å². The van der Waals surface area contributed by atoms with Crippen LogP contribution in [0.15, 0.2) is 41.3 Å². The first-order valence-corrected chi connectivity index (χ1v) is 12.8. The van der Waals surface area contributed by atoms with E-state index in [2.05, 4.69) is 0 Å². The van der Waals surface area contributed by atoms with Crippen molar-refractivity contribution in [3.8, 4) is 17.2 Å². The molecule has 9 nitrogen and oxygen atoms in total. The zero-order valence-electron chi connectivity index (χ0n) is 19.5. The number of para-hydroxylation sites is 1. The summed E-state index contributed by atoms with van der Waals surface area (Å²) in [5.41, 5.74) is 1.48. The molecule has 2 aromatic carbocycles. The van der Waals surface area contributed by atoms with Crippen molar-refractivity contribution in [3.63, 3.8) is 0 Å². The largest absolute Gasteiger partial charge is 0.495 e. The highest BCUT2D eigenvalue weighted by atomic mass is 32.2. The number of methoxy groups -OCH3 is 1. The van der Waals surface area contributed by atoms with Gasteiger partial charge in [0, 0.05) is 31.7 Å². The molecular formula is C24H30N2O7S. The van der Waals surface area contributed by atoms with Crippen LogP contribution in [-0.2, 0) is 32.5 Å². The van der Waals surface area contributed by atoms with Gasteiger partial charge in [-0.25, -0.2) is 8.42 Å². The Hall–Kier alpha value is -2.82. The van der Waals surface area contributed by atoms with E-state index in [1.165, 1.54) is 17.5 Å². The molecule has 34 heavy (non-hydrogen) atoms. The van der Waals surface area contributed by atoms with Gasteiger partial charge in [-0.15, -0.1) is 0 Å². The van der Waals surface area contributed by atoms with Gasteiger partial charge in [0.25, 0.3) is 0 Å². The number of rotatable bonds is 8. The third-order valence-electron chi connectivity index (χ3n) is 5.91. The SMILES string of the molecule is CCN(Cc1cccc2c1OCCO2)C(=O)Cc1ccc(OC)c(S(=O)(=O)N2CCOCC2)c1. The van der Waals surface area contributed by atoms with Gasteiger partial charge in [0.05, 0.1) is 26.7 Å². The number of hydrogen-bond acceptors (Lipinski definition) is 7. The van der Waals surface area contributed by atoms with Gasteiger partial charge in [-0.2, -0.15) is 4.31 Å². The first-order chi connectivity index (χ1) is 16.4. The number of ether oxygens (including phenoxy) is 4. The normalized spacial score (nSPS) is 16.2. The van der Waals surface area contributed by atoms with E-state index >= 15 is 0 Å². The smallest absolute Gasteiger partial charge is 0.246 e. The number of fused-ring (bicyclic) bond motifs is 1. The molecule has 0 atom stereocenters. The summed E-state index contributed by atoms with van der Waals surface area (Å²) in [5, 5.41) is 0. The standard InChI is InChI=1S/C24H30N2O7S/c1-3-25(17-19-5-4-6-21-24(19)33-14-13-32-21)23(27)16-18-7-8-20(30-2)22(15-18)34(28,29)26-9-11-31-12-10-26/h4-8,15H,3,9-14,16-17H2,1-2H3. The zero-order valence-corrected chi connectivity index (χ0v) is 20.3. The van der Waals surface area contributed by atoms with E-state index in [0.717, 1.165) is 5.56 Å². The molecule has 0 spiro atoms. The van der Waals surface area contributed by atoms with Crippen LogP contribution in [0.3, 0.4) is 0 Å². The molecule has 0 N–H and O–H groups in total. The fraction of sp³-hybridized carbons (Fsp3) is 0.458. The number of carbonyl (C=O) groups is 1.